The molecule has 1 aromatic heterocycles. The van der Waals surface area contributed by atoms with Crippen LogP contribution in [0.1, 0.15) is 58.8 Å². The molecule has 2 unspecified atom stereocenters. The number of hydrogen-bond donors (Lipinski definition) is 1. The van der Waals surface area contributed by atoms with E-state index in [1.165, 1.54) is 0 Å². The summed E-state index contributed by atoms with van der Waals surface area (Å²) in [6, 6.07) is -0.276. The molecule has 5 heteroatoms. The van der Waals surface area contributed by atoms with Crippen molar-refractivity contribution in [1.29, 1.82) is 0 Å². The zero-order valence-electron chi connectivity index (χ0n) is 11.6. The molecule has 0 aliphatic rings. The number of aromatic nitrogens is 2. The van der Waals surface area contributed by atoms with Crippen LogP contribution in [0, 0.1) is 5.41 Å². The Morgan fingerprint density at radius 3 is 2.35 bits per heavy atom. The van der Waals surface area contributed by atoms with E-state index in [1.807, 2.05) is 34.6 Å². The Morgan fingerprint density at radius 2 is 1.94 bits per heavy atom. The minimum absolute atomic E-state index is 0.112. The molecular weight excluding hydrogens is 218 g/mol. The van der Waals surface area contributed by atoms with Crippen LogP contribution in [0.3, 0.4) is 0 Å². The summed E-state index contributed by atoms with van der Waals surface area (Å²) in [6.07, 6.45) is 0.771. The standard InChI is InChI=1S/C12H23N3O2/c1-7-12(5,16-6)10-14-9(17-15-10)8(13)11(2,3)4/h8H,7,13H2,1-6H3. The van der Waals surface area contributed by atoms with Gasteiger partial charge in [-0.25, -0.2) is 0 Å². The van der Waals surface area contributed by atoms with Gasteiger partial charge in [0.2, 0.25) is 11.7 Å². The van der Waals surface area contributed by atoms with Gasteiger partial charge in [-0.3, -0.25) is 0 Å². The number of ether oxygens (including phenoxy) is 1. The van der Waals surface area contributed by atoms with Crippen molar-refractivity contribution in [2.75, 3.05) is 7.11 Å². The van der Waals surface area contributed by atoms with Crippen molar-refractivity contribution in [3.8, 4) is 0 Å². The topological polar surface area (TPSA) is 74.2 Å². The summed E-state index contributed by atoms with van der Waals surface area (Å²) in [6.45, 7) is 10.1. The summed E-state index contributed by atoms with van der Waals surface area (Å²) in [7, 11) is 1.64. The summed E-state index contributed by atoms with van der Waals surface area (Å²) in [5.74, 6) is 1.02. The molecule has 0 aliphatic carbocycles. The maximum absolute atomic E-state index is 6.07. The molecule has 0 saturated carbocycles. The van der Waals surface area contributed by atoms with Gasteiger partial charge in [0.25, 0.3) is 0 Å². The fraction of sp³-hybridized carbons (Fsp3) is 0.833. The molecule has 0 bridgehead atoms. The van der Waals surface area contributed by atoms with E-state index in [0.717, 1.165) is 6.42 Å². The highest BCUT2D eigenvalue weighted by atomic mass is 16.5. The lowest BCUT2D eigenvalue weighted by Crippen LogP contribution is -2.28. The molecule has 2 atom stereocenters. The van der Waals surface area contributed by atoms with Gasteiger partial charge < -0.3 is 15.0 Å². The molecule has 1 heterocycles. The number of rotatable bonds is 4. The predicted molar refractivity (Wildman–Crippen MR) is 65.3 cm³/mol. The van der Waals surface area contributed by atoms with Crippen LogP contribution in [0.4, 0.5) is 0 Å². The lowest BCUT2D eigenvalue weighted by molar-refractivity contribution is -0.0106. The van der Waals surface area contributed by atoms with Crippen LogP contribution in [0.15, 0.2) is 4.52 Å². The molecular formula is C12H23N3O2. The fourth-order valence-corrected chi connectivity index (χ4v) is 1.34. The molecule has 98 valence electrons. The lowest BCUT2D eigenvalue weighted by atomic mass is 9.87. The van der Waals surface area contributed by atoms with E-state index in [2.05, 4.69) is 10.1 Å². The van der Waals surface area contributed by atoms with Crippen LogP contribution >= 0.6 is 0 Å². The Balaban J connectivity index is 3.00. The first kappa shape index (κ1) is 14.1. The van der Waals surface area contributed by atoms with E-state index in [9.17, 15) is 0 Å². The van der Waals surface area contributed by atoms with Gasteiger partial charge in [-0.1, -0.05) is 32.9 Å². The molecule has 5 nitrogen and oxygen atoms in total. The third-order valence-electron chi connectivity index (χ3n) is 3.24. The largest absolute Gasteiger partial charge is 0.370 e. The smallest absolute Gasteiger partial charge is 0.244 e. The van der Waals surface area contributed by atoms with E-state index in [1.54, 1.807) is 7.11 Å². The summed E-state index contributed by atoms with van der Waals surface area (Å²) in [5, 5.41) is 3.97. The molecule has 0 aliphatic heterocycles. The first-order chi connectivity index (χ1) is 7.74. The van der Waals surface area contributed by atoms with Crippen LogP contribution < -0.4 is 5.73 Å². The first-order valence-electron chi connectivity index (χ1n) is 5.89. The van der Waals surface area contributed by atoms with Gasteiger partial charge in [-0.2, -0.15) is 4.98 Å². The normalized spacial score (nSPS) is 17.8. The van der Waals surface area contributed by atoms with Gasteiger partial charge in [0.15, 0.2) is 0 Å². The SMILES string of the molecule is CCC(C)(OC)c1noc(C(N)C(C)(C)C)n1. The average molecular weight is 241 g/mol. The van der Waals surface area contributed by atoms with Crippen LogP contribution in [0.5, 0.6) is 0 Å². The maximum atomic E-state index is 6.07. The van der Waals surface area contributed by atoms with Crippen molar-refractivity contribution >= 4 is 0 Å². The lowest BCUT2D eigenvalue weighted by Gasteiger charge is -2.24. The summed E-state index contributed by atoms with van der Waals surface area (Å²) in [4.78, 5) is 4.36. The van der Waals surface area contributed by atoms with Crippen molar-refractivity contribution in [1.82, 2.24) is 10.1 Å². The second-order valence-electron chi connectivity index (χ2n) is 5.59. The van der Waals surface area contributed by atoms with E-state index >= 15 is 0 Å². The second kappa shape index (κ2) is 4.74. The number of hydrogen-bond acceptors (Lipinski definition) is 5. The summed E-state index contributed by atoms with van der Waals surface area (Å²) < 4.78 is 10.7. The zero-order chi connectivity index (χ0) is 13.3. The molecule has 0 aromatic carbocycles. The van der Waals surface area contributed by atoms with E-state index in [-0.39, 0.29) is 11.5 Å². The molecule has 0 amide bonds. The molecule has 0 radical (unpaired) electrons. The van der Waals surface area contributed by atoms with Gasteiger partial charge in [-0.05, 0) is 18.8 Å². The Hall–Kier alpha value is -0.940. The Bertz CT molecular complexity index is 364. The van der Waals surface area contributed by atoms with Crippen molar-refractivity contribution in [3.05, 3.63) is 11.7 Å². The molecule has 1 rings (SSSR count). The quantitative estimate of drug-likeness (QED) is 0.876. The minimum Gasteiger partial charge on any atom is -0.370 e. The number of methoxy groups -OCH3 is 1. The zero-order valence-corrected chi connectivity index (χ0v) is 11.6. The average Bonchev–Trinajstić information content (AvgIpc) is 2.75. The van der Waals surface area contributed by atoms with Gasteiger partial charge >= 0.3 is 0 Å². The fourth-order valence-electron chi connectivity index (χ4n) is 1.34. The van der Waals surface area contributed by atoms with Crippen LogP contribution in [-0.4, -0.2) is 17.3 Å². The molecule has 2 N–H and O–H groups in total. The van der Waals surface area contributed by atoms with Crippen LogP contribution in [-0.2, 0) is 10.3 Å². The van der Waals surface area contributed by atoms with Crippen LogP contribution in [0.25, 0.3) is 0 Å². The minimum atomic E-state index is -0.515. The summed E-state index contributed by atoms with van der Waals surface area (Å²) >= 11 is 0. The van der Waals surface area contributed by atoms with Gasteiger partial charge in [0, 0.05) is 7.11 Å². The van der Waals surface area contributed by atoms with Crippen molar-refractivity contribution < 1.29 is 9.26 Å². The summed E-state index contributed by atoms with van der Waals surface area (Å²) in [5.41, 5.74) is 5.45. The van der Waals surface area contributed by atoms with Crippen molar-refractivity contribution in [2.45, 2.75) is 52.7 Å². The molecule has 0 fully saturated rings. The van der Waals surface area contributed by atoms with Gasteiger partial charge in [0.05, 0.1) is 6.04 Å². The van der Waals surface area contributed by atoms with Crippen molar-refractivity contribution in [2.24, 2.45) is 11.1 Å². The third-order valence-corrected chi connectivity index (χ3v) is 3.24. The highest BCUT2D eigenvalue weighted by Crippen LogP contribution is 2.31. The molecule has 1 aromatic rings. The van der Waals surface area contributed by atoms with E-state index in [4.69, 9.17) is 15.0 Å². The Morgan fingerprint density at radius 1 is 1.35 bits per heavy atom. The molecule has 0 saturated heterocycles. The number of nitrogens with zero attached hydrogens (tertiary/aromatic N) is 2. The first-order valence-corrected chi connectivity index (χ1v) is 5.89. The Labute approximate surface area is 103 Å². The Kier molecular flexibility index (Phi) is 3.94. The predicted octanol–water partition coefficient (Wildman–Crippen LogP) is 2.39. The van der Waals surface area contributed by atoms with Gasteiger partial charge in [0.1, 0.15) is 5.60 Å². The molecule has 0 spiro atoms. The highest BCUT2D eigenvalue weighted by molar-refractivity contribution is 5.02. The second-order valence-corrected chi connectivity index (χ2v) is 5.59. The van der Waals surface area contributed by atoms with E-state index in [0.29, 0.717) is 11.7 Å². The monoisotopic (exact) mass is 241 g/mol. The van der Waals surface area contributed by atoms with E-state index < -0.39 is 5.60 Å². The van der Waals surface area contributed by atoms with Crippen LogP contribution in [0.2, 0.25) is 0 Å². The number of nitrogens with two attached hydrogens (primary N) is 1. The highest BCUT2D eigenvalue weighted by Gasteiger charge is 2.33. The molecule has 17 heavy (non-hydrogen) atoms. The maximum Gasteiger partial charge on any atom is 0.244 e. The third kappa shape index (κ3) is 2.84. The van der Waals surface area contributed by atoms with Crippen molar-refractivity contribution in [3.63, 3.8) is 0 Å². The van der Waals surface area contributed by atoms with Gasteiger partial charge in [-0.15, -0.1) is 0 Å².